The Balaban J connectivity index is 1.62. The number of benzene rings is 2. The number of thiophene rings is 1. The molecule has 0 radical (unpaired) electrons. The van der Waals surface area contributed by atoms with E-state index in [0.717, 1.165) is 16.3 Å². The fraction of sp³-hybridized carbons (Fsp3) is 0.130. The van der Waals surface area contributed by atoms with Gasteiger partial charge in [-0.1, -0.05) is 42.5 Å². The minimum absolute atomic E-state index is 0.195. The van der Waals surface area contributed by atoms with Crippen LogP contribution in [0, 0.1) is 0 Å². The van der Waals surface area contributed by atoms with Crippen molar-refractivity contribution < 1.29 is 18.7 Å². The third-order valence-electron chi connectivity index (χ3n) is 4.54. The van der Waals surface area contributed by atoms with Crippen LogP contribution >= 0.6 is 11.3 Å². The van der Waals surface area contributed by atoms with Gasteiger partial charge in [-0.05, 0) is 35.4 Å². The van der Waals surface area contributed by atoms with Crippen LogP contribution in [0.15, 0.2) is 70.7 Å². The molecular weight excluding hydrogens is 386 g/mol. The average Bonchev–Trinajstić information content (AvgIpc) is 3.38. The summed E-state index contributed by atoms with van der Waals surface area (Å²) in [5, 5.41) is 7.26. The summed E-state index contributed by atoms with van der Waals surface area (Å²) in [6, 6.07) is 17.4. The maximum absolute atomic E-state index is 12.8. The molecule has 0 aliphatic heterocycles. The normalized spacial score (nSPS) is 10.8. The molecule has 1 N–H and O–H groups in total. The van der Waals surface area contributed by atoms with Crippen LogP contribution in [0.4, 0.5) is 5.00 Å². The molecule has 4 rings (SSSR count). The van der Waals surface area contributed by atoms with E-state index in [2.05, 4.69) is 5.32 Å². The lowest BCUT2D eigenvalue weighted by molar-refractivity contribution is -0.115. The lowest BCUT2D eigenvalue weighted by Crippen LogP contribution is -2.16. The summed E-state index contributed by atoms with van der Waals surface area (Å²) >= 11 is 1.28. The van der Waals surface area contributed by atoms with E-state index in [0.29, 0.717) is 21.9 Å². The predicted molar refractivity (Wildman–Crippen MR) is 114 cm³/mol. The summed E-state index contributed by atoms with van der Waals surface area (Å²) in [4.78, 5) is 25.3. The highest BCUT2D eigenvalue weighted by molar-refractivity contribution is 7.15. The largest absolute Gasteiger partial charge is 0.464 e. The molecule has 5 nitrogen and oxygen atoms in total. The van der Waals surface area contributed by atoms with Crippen molar-refractivity contribution >= 4 is 39.0 Å². The molecule has 2 aromatic carbocycles. The zero-order chi connectivity index (χ0) is 20.2. The van der Waals surface area contributed by atoms with E-state index in [1.165, 1.54) is 11.3 Å². The van der Waals surface area contributed by atoms with E-state index in [1.54, 1.807) is 30.7 Å². The van der Waals surface area contributed by atoms with Gasteiger partial charge in [-0.25, -0.2) is 4.79 Å². The third kappa shape index (κ3) is 3.93. The molecule has 4 aromatic rings. The maximum atomic E-state index is 12.8. The van der Waals surface area contributed by atoms with Crippen molar-refractivity contribution in [2.75, 3.05) is 11.9 Å². The average molecular weight is 405 g/mol. The molecule has 0 atom stereocenters. The van der Waals surface area contributed by atoms with Crippen LogP contribution in [0.25, 0.3) is 22.1 Å². The smallest absolute Gasteiger partial charge is 0.341 e. The number of ether oxygens (including phenoxy) is 1. The SMILES string of the molecule is CCOC(=O)c1c(-c2ccco2)csc1NC(=O)Cc1cccc2ccccc12. The van der Waals surface area contributed by atoms with Crippen molar-refractivity contribution in [3.05, 3.63) is 77.4 Å². The van der Waals surface area contributed by atoms with Crippen LogP contribution < -0.4 is 5.32 Å². The van der Waals surface area contributed by atoms with Gasteiger partial charge in [-0.15, -0.1) is 11.3 Å². The summed E-state index contributed by atoms with van der Waals surface area (Å²) in [6.45, 7) is 1.99. The van der Waals surface area contributed by atoms with Crippen molar-refractivity contribution in [1.82, 2.24) is 0 Å². The number of amides is 1. The molecule has 29 heavy (non-hydrogen) atoms. The first-order chi connectivity index (χ1) is 14.2. The standard InChI is InChI=1S/C23H19NO4S/c1-2-27-23(26)21-18(19-11-6-12-28-19)14-29-22(21)24-20(25)13-16-9-5-8-15-7-3-4-10-17(15)16/h3-12,14H,2,13H2,1H3,(H,24,25). The molecule has 2 heterocycles. The predicted octanol–water partition coefficient (Wildman–Crippen LogP) is 5.52. The Labute approximate surface area is 171 Å². The highest BCUT2D eigenvalue weighted by Crippen LogP contribution is 2.36. The first-order valence-electron chi connectivity index (χ1n) is 9.26. The quantitative estimate of drug-likeness (QED) is 0.429. The Kier molecular flexibility index (Phi) is 5.44. The lowest BCUT2D eigenvalue weighted by Gasteiger charge is -2.09. The van der Waals surface area contributed by atoms with Gasteiger partial charge in [0.25, 0.3) is 0 Å². The molecule has 0 aliphatic carbocycles. The van der Waals surface area contributed by atoms with E-state index < -0.39 is 5.97 Å². The molecule has 0 saturated carbocycles. The Morgan fingerprint density at radius 2 is 1.90 bits per heavy atom. The second-order valence-corrected chi connectivity index (χ2v) is 7.29. The van der Waals surface area contributed by atoms with E-state index in [9.17, 15) is 9.59 Å². The number of furan rings is 1. The van der Waals surface area contributed by atoms with Crippen molar-refractivity contribution in [3.8, 4) is 11.3 Å². The monoisotopic (exact) mass is 405 g/mol. The van der Waals surface area contributed by atoms with Crippen LogP contribution in [0.1, 0.15) is 22.8 Å². The van der Waals surface area contributed by atoms with Crippen molar-refractivity contribution in [3.63, 3.8) is 0 Å². The highest BCUT2D eigenvalue weighted by atomic mass is 32.1. The minimum atomic E-state index is -0.486. The molecule has 0 saturated heterocycles. The van der Waals surface area contributed by atoms with Gasteiger partial charge in [0, 0.05) is 10.9 Å². The number of anilines is 1. The topological polar surface area (TPSA) is 68.5 Å². The molecule has 0 unspecified atom stereocenters. The molecule has 0 aliphatic rings. The van der Waals surface area contributed by atoms with Crippen LogP contribution in [0.3, 0.4) is 0 Å². The molecule has 2 aromatic heterocycles. The summed E-state index contributed by atoms with van der Waals surface area (Å²) in [6.07, 6.45) is 1.75. The maximum Gasteiger partial charge on any atom is 0.341 e. The highest BCUT2D eigenvalue weighted by Gasteiger charge is 2.24. The van der Waals surface area contributed by atoms with Crippen molar-refractivity contribution in [2.24, 2.45) is 0 Å². The molecule has 0 fully saturated rings. The van der Waals surface area contributed by atoms with Gasteiger partial charge >= 0.3 is 5.97 Å². The van der Waals surface area contributed by atoms with Crippen molar-refractivity contribution in [1.29, 1.82) is 0 Å². The summed E-state index contributed by atoms with van der Waals surface area (Å²) in [7, 11) is 0. The van der Waals surface area contributed by atoms with Gasteiger partial charge in [0.2, 0.25) is 5.91 Å². The molecular formula is C23H19NO4S. The number of esters is 1. The third-order valence-corrected chi connectivity index (χ3v) is 5.44. The van der Waals surface area contributed by atoms with Gasteiger partial charge in [-0.2, -0.15) is 0 Å². The Bertz CT molecular complexity index is 1160. The number of hydrogen-bond acceptors (Lipinski definition) is 5. The van der Waals surface area contributed by atoms with Gasteiger partial charge in [0.15, 0.2) is 0 Å². The Morgan fingerprint density at radius 3 is 2.69 bits per heavy atom. The summed E-state index contributed by atoms with van der Waals surface area (Å²) in [5.74, 6) is -0.126. The second kappa shape index (κ2) is 8.32. The van der Waals surface area contributed by atoms with E-state index in [-0.39, 0.29) is 18.9 Å². The lowest BCUT2D eigenvalue weighted by atomic mass is 10.0. The number of carbonyl (C=O) groups is 2. The first kappa shape index (κ1) is 19.0. The van der Waals surface area contributed by atoms with Crippen LogP contribution in [-0.4, -0.2) is 18.5 Å². The van der Waals surface area contributed by atoms with Gasteiger partial charge in [0.05, 0.1) is 19.3 Å². The van der Waals surface area contributed by atoms with Gasteiger partial charge in [0.1, 0.15) is 16.3 Å². The number of rotatable bonds is 6. The summed E-state index contributed by atoms with van der Waals surface area (Å²) in [5.41, 5.74) is 1.86. The molecule has 0 spiro atoms. The van der Waals surface area contributed by atoms with Crippen LogP contribution in [-0.2, 0) is 16.0 Å². The van der Waals surface area contributed by atoms with Crippen LogP contribution in [0.2, 0.25) is 0 Å². The number of nitrogens with one attached hydrogen (secondary N) is 1. The molecule has 1 amide bonds. The summed E-state index contributed by atoms with van der Waals surface area (Å²) < 4.78 is 10.6. The van der Waals surface area contributed by atoms with E-state index >= 15 is 0 Å². The number of carbonyl (C=O) groups excluding carboxylic acids is 2. The fourth-order valence-electron chi connectivity index (χ4n) is 3.26. The Morgan fingerprint density at radius 1 is 1.07 bits per heavy atom. The zero-order valence-electron chi connectivity index (χ0n) is 15.8. The van der Waals surface area contributed by atoms with E-state index in [1.807, 2.05) is 42.5 Å². The van der Waals surface area contributed by atoms with Crippen LogP contribution in [0.5, 0.6) is 0 Å². The van der Waals surface area contributed by atoms with Gasteiger partial charge in [-0.3, -0.25) is 4.79 Å². The second-order valence-electron chi connectivity index (χ2n) is 6.41. The fourth-order valence-corrected chi connectivity index (χ4v) is 4.21. The van der Waals surface area contributed by atoms with Crippen molar-refractivity contribution in [2.45, 2.75) is 13.3 Å². The molecule has 146 valence electrons. The van der Waals surface area contributed by atoms with E-state index in [4.69, 9.17) is 9.15 Å². The minimum Gasteiger partial charge on any atom is -0.464 e. The number of hydrogen-bond donors (Lipinski definition) is 1. The first-order valence-corrected chi connectivity index (χ1v) is 10.1. The molecule has 6 heteroatoms. The number of fused-ring (bicyclic) bond motifs is 1. The zero-order valence-corrected chi connectivity index (χ0v) is 16.6. The Hall–Kier alpha value is -3.38. The van der Waals surface area contributed by atoms with Gasteiger partial charge < -0.3 is 14.5 Å². The molecule has 0 bridgehead atoms.